The lowest BCUT2D eigenvalue weighted by atomic mass is 9.13. The molecule has 0 unspecified atom stereocenters. The van der Waals surface area contributed by atoms with Crippen LogP contribution in [-0.4, -0.2) is 6.15 Å². The Hall–Kier alpha value is -4.19. The summed E-state index contributed by atoms with van der Waals surface area (Å²) < 4.78 is 0. The maximum atomic E-state index is 2.26. The average molecular weight is 505 g/mol. The Morgan fingerprint density at radius 1 is 0.263 bits per heavy atom. The number of hydrogen-bond acceptors (Lipinski definition) is 0. The van der Waals surface area contributed by atoms with Crippen LogP contribution in [0.4, 0.5) is 0 Å². The van der Waals surface area contributed by atoms with Gasteiger partial charge in [-0.15, -0.1) is 0 Å². The van der Waals surface area contributed by atoms with Gasteiger partial charge in [0.15, 0.2) is 0 Å². The molecule has 0 aliphatic rings. The van der Waals surface area contributed by atoms with Crippen LogP contribution >= 0.6 is 8.58 Å². The van der Waals surface area contributed by atoms with Crippen molar-refractivity contribution in [3.05, 3.63) is 182 Å². The summed E-state index contributed by atoms with van der Waals surface area (Å²) in [6, 6.07) is 64.7. The van der Waals surface area contributed by atoms with Crippen LogP contribution in [0, 0.1) is 0 Å². The summed E-state index contributed by atoms with van der Waals surface area (Å²) >= 11 is 0. The Bertz CT molecular complexity index is 1290. The Labute approximate surface area is 228 Å². The zero-order chi connectivity index (χ0) is 25.9. The van der Waals surface area contributed by atoms with Crippen LogP contribution in [-0.2, 0) is 0 Å². The molecule has 0 fully saturated rings. The lowest BCUT2D eigenvalue weighted by Crippen LogP contribution is -2.74. The summed E-state index contributed by atoms with van der Waals surface area (Å²) in [5, 5.41) is 2.79. The van der Waals surface area contributed by atoms with Crippen LogP contribution in [0.15, 0.2) is 182 Å². The van der Waals surface area contributed by atoms with E-state index >= 15 is 0 Å². The van der Waals surface area contributed by atoms with Crippen LogP contribution in [0.5, 0.6) is 0 Å². The standard InChI is InChI=1S/C24H20B.C12H11P/c1-5-13-21(14-6-1)25(22-15-7-2-8-16-22,23-17-9-3-10-18-23)24-19-11-4-12-20-24;1-3-7-11(8-4-1)13-12-9-5-2-6-10-12/h1-20H;1-10,13H/q-1;. The lowest BCUT2D eigenvalue weighted by Gasteiger charge is -2.44. The van der Waals surface area contributed by atoms with Gasteiger partial charge in [-0.2, -0.15) is 21.9 Å². The van der Waals surface area contributed by atoms with Gasteiger partial charge in [-0.3, -0.25) is 0 Å². The van der Waals surface area contributed by atoms with E-state index in [-0.39, 0.29) is 0 Å². The molecule has 0 N–H and O–H groups in total. The first-order valence-corrected chi connectivity index (χ1v) is 14.1. The fraction of sp³-hybridized carbons (Fsp3) is 0. The topological polar surface area (TPSA) is 0 Å². The lowest BCUT2D eigenvalue weighted by molar-refractivity contribution is 1.66. The van der Waals surface area contributed by atoms with E-state index in [1.807, 2.05) is 0 Å². The van der Waals surface area contributed by atoms with Crippen molar-refractivity contribution in [1.29, 1.82) is 0 Å². The molecule has 0 aromatic heterocycles. The summed E-state index contributed by atoms with van der Waals surface area (Å²) in [7, 11) is 0.777. The molecule has 0 saturated carbocycles. The zero-order valence-corrected chi connectivity index (χ0v) is 22.4. The predicted octanol–water partition coefficient (Wildman–Crippen LogP) is 5.38. The second-order valence-corrected chi connectivity index (χ2v) is 10.8. The fourth-order valence-electron chi connectivity index (χ4n) is 5.33. The highest BCUT2D eigenvalue weighted by atomic mass is 31.1. The third-order valence-electron chi connectivity index (χ3n) is 7.03. The van der Waals surface area contributed by atoms with E-state index in [4.69, 9.17) is 0 Å². The van der Waals surface area contributed by atoms with Crippen molar-refractivity contribution >= 4 is 47.2 Å². The maximum Gasteiger partial charge on any atom is 0.108 e. The summed E-state index contributed by atoms with van der Waals surface area (Å²) in [6.07, 6.45) is -1.22. The second-order valence-electron chi connectivity index (χ2n) is 9.37. The monoisotopic (exact) mass is 505 g/mol. The van der Waals surface area contributed by atoms with Gasteiger partial charge in [0.05, 0.1) is 0 Å². The first-order valence-electron chi connectivity index (χ1n) is 13.1. The van der Waals surface area contributed by atoms with E-state index in [2.05, 4.69) is 182 Å². The highest BCUT2D eigenvalue weighted by molar-refractivity contribution is 7.55. The minimum Gasteiger partial charge on any atom is -0.195 e. The largest absolute Gasteiger partial charge is 0.195 e. The number of benzene rings is 6. The van der Waals surface area contributed by atoms with Gasteiger partial charge in [0.25, 0.3) is 0 Å². The van der Waals surface area contributed by atoms with Crippen LogP contribution < -0.4 is 32.5 Å². The molecule has 184 valence electrons. The summed E-state index contributed by atoms with van der Waals surface area (Å²) in [6.45, 7) is 0. The molecule has 0 atom stereocenters. The van der Waals surface area contributed by atoms with E-state index in [9.17, 15) is 0 Å². The van der Waals surface area contributed by atoms with Crippen molar-refractivity contribution in [2.24, 2.45) is 0 Å². The van der Waals surface area contributed by atoms with E-state index in [1.165, 1.54) is 32.5 Å². The average Bonchev–Trinajstić information content (AvgIpc) is 3.01. The zero-order valence-electron chi connectivity index (χ0n) is 21.4. The van der Waals surface area contributed by atoms with Crippen molar-refractivity contribution in [3.63, 3.8) is 0 Å². The van der Waals surface area contributed by atoms with Gasteiger partial charge in [0.2, 0.25) is 0 Å². The third kappa shape index (κ3) is 5.86. The molecule has 0 saturated heterocycles. The molecule has 6 aromatic carbocycles. The van der Waals surface area contributed by atoms with Crippen molar-refractivity contribution < 1.29 is 0 Å². The quantitative estimate of drug-likeness (QED) is 0.211. The van der Waals surface area contributed by atoms with E-state index < -0.39 is 6.15 Å². The Morgan fingerprint density at radius 3 is 0.711 bits per heavy atom. The SMILES string of the molecule is c1ccc(Pc2ccccc2)cc1.c1ccc([B-](c2ccccc2)(c2ccccc2)c2ccccc2)cc1. The fourth-order valence-corrected chi connectivity index (χ4v) is 6.38. The summed E-state index contributed by atoms with van der Waals surface area (Å²) in [5.74, 6) is 0. The number of rotatable bonds is 6. The minimum absolute atomic E-state index is 0.777. The first kappa shape index (κ1) is 25.5. The van der Waals surface area contributed by atoms with Gasteiger partial charge in [-0.05, 0) is 10.6 Å². The molecule has 6 aromatic rings. The van der Waals surface area contributed by atoms with Crippen LogP contribution in [0.3, 0.4) is 0 Å². The summed E-state index contributed by atoms with van der Waals surface area (Å²) in [5.41, 5.74) is 5.36. The molecule has 6 rings (SSSR count). The maximum absolute atomic E-state index is 2.26. The number of hydrogen-bond donors (Lipinski definition) is 0. The molecule has 0 radical (unpaired) electrons. The summed E-state index contributed by atoms with van der Waals surface area (Å²) in [4.78, 5) is 0. The molecule has 0 heterocycles. The second kappa shape index (κ2) is 12.9. The van der Waals surface area contributed by atoms with Crippen molar-refractivity contribution in [2.75, 3.05) is 0 Å². The van der Waals surface area contributed by atoms with Gasteiger partial charge in [-0.25, -0.2) is 0 Å². The molecule has 2 heteroatoms. The van der Waals surface area contributed by atoms with Gasteiger partial charge in [0, 0.05) is 0 Å². The molecular formula is C36H31BP-. The predicted molar refractivity (Wildman–Crippen MR) is 171 cm³/mol. The van der Waals surface area contributed by atoms with E-state index in [1.54, 1.807) is 0 Å². The van der Waals surface area contributed by atoms with Gasteiger partial charge >= 0.3 is 0 Å². The van der Waals surface area contributed by atoms with E-state index in [0.29, 0.717) is 0 Å². The molecule has 38 heavy (non-hydrogen) atoms. The van der Waals surface area contributed by atoms with Gasteiger partial charge in [-0.1, -0.05) is 191 Å². The Morgan fingerprint density at radius 2 is 0.474 bits per heavy atom. The normalized spacial score (nSPS) is 10.7. The Kier molecular flexibility index (Phi) is 8.62. The third-order valence-corrected chi connectivity index (χ3v) is 8.28. The van der Waals surface area contributed by atoms with E-state index in [0.717, 1.165) is 8.58 Å². The smallest absolute Gasteiger partial charge is 0.108 e. The molecule has 0 bridgehead atoms. The van der Waals surface area contributed by atoms with Crippen molar-refractivity contribution in [2.45, 2.75) is 0 Å². The van der Waals surface area contributed by atoms with Crippen LogP contribution in [0.1, 0.15) is 0 Å². The van der Waals surface area contributed by atoms with Crippen molar-refractivity contribution in [3.8, 4) is 0 Å². The molecular weight excluding hydrogens is 474 g/mol. The van der Waals surface area contributed by atoms with Crippen LogP contribution in [0.25, 0.3) is 0 Å². The minimum atomic E-state index is -1.22. The molecule has 0 aliphatic heterocycles. The van der Waals surface area contributed by atoms with Gasteiger partial charge < -0.3 is 0 Å². The first-order chi connectivity index (χ1) is 18.9. The Balaban J connectivity index is 0.000000190. The van der Waals surface area contributed by atoms with Crippen LogP contribution in [0.2, 0.25) is 0 Å². The molecule has 0 aliphatic carbocycles. The molecule has 0 spiro atoms. The molecule has 0 nitrogen and oxygen atoms in total. The van der Waals surface area contributed by atoms with Gasteiger partial charge in [0.1, 0.15) is 6.15 Å². The molecule has 0 amide bonds. The highest BCUT2D eigenvalue weighted by Gasteiger charge is 2.30. The highest BCUT2D eigenvalue weighted by Crippen LogP contribution is 2.10. The van der Waals surface area contributed by atoms with Crippen molar-refractivity contribution in [1.82, 2.24) is 0 Å².